The SMILES string of the molecule is Cc1cc(I)c2c(c1Cl)C(O)N(C(C)(C)c1ccccc1)C2=O. The molecule has 3 nitrogen and oxygen atoms in total. The first-order chi connectivity index (χ1) is 10.8. The van der Waals surface area contributed by atoms with E-state index in [0.29, 0.717) is 16.1 Å². The van der Waals surface area contributed by atoms with Crippen molar-refractivity contribution in [2.24, 2.45) is 0 Å². The molecule has 0 radical (unpaired) electrons. The Morgan fingerprint density at radius 3 is 2.48 bits per heavy atom. The molecule has 2 aromatic rings. The first-order valence-corrected chi connectivity index (χ1v) is 8.78. The van der Waals surface area contributed by atoms with Crippen molar-refractivity contribution < 1.29 is 9.90 Å². The fraction of sp³-hybridized carbons (Fsp3) is 0.278. The van der Waals surface area contributed by atoms with E-state index in [2.05, 4.69) is 22.6 Å². The average Bonchev–Trinajstić information content (AvgIpc) is 2.78. The minimum absolute atomic E-state index is 0.187. The van der Waals surface area contributed by atoms with E-state index >= 15 is 0 Å². The van der Waals surface area contributed by atoms with Gasteiger partial charge in [0.2, 0.25) is 0 Å². The zero-order chi connectivity index (χ0) is 16.9. The summed E-state index contributed by atoms with van der Waals surface area (Å²) in [5.74, 6) is -0.187. The molecule has 5 heteroatoms. The molecule has 23 heavy (non-hydrogen) atoms. The molecule has 2 aromatic carbocycles. The molecule has 0 fully saturated rings. The van der Waals surface area contributed by atoms with Gasteiger partial charge in [-0.1, -0.05) is 41.9 Å². The predicted octanol–water partition coefficient (Wildman–Crippen LogP) is 4.64. The van der Waals surface area contributed by atoms with Crippen molar-refractivity contribution in [2.75, 3.05) is 0 Å². The average molecular weight is 442 g/mol. The molecule has 0 aliphatic carbocycles. The quantitative estimate of drug-likeness (QED) is 0.690. The highest BCUT2D eigenvalue weighted by Crippen LogP contribution is 2.46. The lowest BCUT2D eigenvalue weighted by Gasteiger charge is -2.38. The number of aryl methyl sites for hydroxylation is 1. The van der Waals surface area contributed by atoms with Gasteiger partial charge in [0.05, 0.1) is 16.1 Å². The van der Waals surface area contributed by atoms with E-state index in [9.17, 15) is 9.90 Å². The van der Waals surface area contributed by atoms with Crippen LogP contribution in [-0.4, -0.2) is 15.9 Å². The van der Waals surface area contributed by atoms with Crippen LogP contribution in [0.4, 0.5) is 0 Å². The van der Waals surface area contributed by atoms with Crippen LogP contribution in [0.5, 0.6) is 0 Å². The van der Waals surface area contributed by atoms with Crippen LogP contribution in [0.15, 0.2) is 36.4 Å². The summed E-state index contributed by atoms with van der Waals surface area (Å²) < 4.78 is 0.815. The van der Waals surface area contributed by atoms with Crippen molar-refractivity contribution in [2.45, 2.75) is 32.5 Å². The van der Waals surface area contributed by atoms with Gasteiger partial charge in [-0.05, 0) is 60.6 Å². The van der Waals surface area contributed by atoms with Gasteiger partial charge in [-0.2, -0.15) is 0 Å². The molecule has 3 rings (SSSR count). The maximum atomic E-state index is 13.0. The van der Waals surface area contributed by atoms with Crippen LogP contribution in [0, 0.1) is 10.5 Å². The summed E-state index contributed by atoms with van der Waals surface area (Å²) in [6, 6.07) is 11.6. The number of nitrogens with zero attached hydrogens (tertiary/aromatic N) is 1. The Hall–Kier alpha value is -1.11. The number of amides is 1. The number of carbonyl (C=O) groups excluding carboxylic acids is 1. The smallest absolute Gasteiger partial charge is 0.258 e. The largest absolute Gasteiger partial charge is 0.369 e. The van der Waals surface area contributed by atoms with Gasteiger partial charge in [0.15, 0.2) is 6.23 Å². The van der Waals surface area contributed by atoms with Gasteiger partial charge >= 0.3 is 0 Å². The minimum Gasteiger partial charge on any atom is -0.369 e. The fourth-order valence-electron chi connectivity index (χ4n) is 3.14. The summed E-state index contributed by atoms with van der Waals surface area (Å²) in [6.07, 6.45) is -1.05. The summed E-state index contributed by atoms with van der Waals surface area (Å²) >= 11 is 8.52. The molecule has 120 valence electrons. The van der Waals surface area contributed by atoms with E-state index in [1.165, 1.54) is 4.90 Å². The van der Waals surface area contributed by atoms with Gasteiger partial charge in [0.1, 0.15) is 0 Å². The highest BCUT2D eigenvalue weighted by atomic mass is 127. The van der Waals surface area contributed by atoms with Crippen LogP contribution in [0.3, 0.4) is 0 Å². The summed E-state index contributed by atoms with van der Waals surface area (Å²) in [7, 11) is 0. The van der Waals surface area contributed by atoms with Gasteiger partial charge in [-0.25, -0.2) is 0 Å². The molecule has 1 aliphatic rings. The second kappa shape index (κ2) is 5.76. The molecule has 1 atom stereocenters. The molecular weight excluding hydrogens is 425 g/mol. The fourth-order valence-corrected chi connectivity index (χ4v) is 4.38. The van der Waals surface area contributed by atoms with Crippen LogP contribution >= 0.6 is 34.2 Å². The molecule has 1 amide bonds. The first-order valence-electron chi connectivity index (χ1n) is 7.32. The third kappa shape index (κ3) is 2.47. The number of halogens is 2. The van der Waals surface area contributed by atoms with Crippen LogP contribution in [0.2, 0.25) is 5.02 Å². The van der Waals surface area contributed by atoms with Crippen LogP contribution in [0.25, 0.3) is 0 Å². The Morgan fingerprint density at radius 1 is 1.26 bits per heavy atom. The van der Waals surface area contributed by atoms with Crippen LogP contribution < -0.4 is 0 Å². The summed E-state index contributed by atoms with van der Waals surface area (Å²) in [6.45, 7) is 5.75. The molecule has 1 heterocycles. The number of carbonyl (C=O) groups is 1. The molecule has 1 N–H and O–H groups in total. The number of fused-ring (bicyclic) bond motifs is 1. The molecule has 1 aliphatic heterocycles. The highest BCUT2D eigenvalue weighted by molar-refractivity contribution is 14.1. The van der Waals surface area contributed by atoms with Crippen molar-refractivity contribution >= 4 is 40.1 Å². The number of benzene rings is 2. The molecule has 0 bridgehead atoms. The van der Waals surface area contributed by atoms with E-state index in [-0.39, 0.29) is 5.91 Å². The Kier molecular flexibility index (Phi) is 4.19. The predicted molar refractivity (Wildman–Crippen MR) is 99.5 cm³/mol. The van der Waals surface area contributed by atoms with E-state index in [1.807, 2.05) is 57.2 Å². The van der Waals surface area contributed by atoms with Crippen molar-refractivity contribution in [1.82, 2.24) is 4.90 Å². The number of aliphatic hydroxyl groups excluding tert-OH is 1. The Bertz CT molecular complexity index is 789. The second-order valence-corrected chi connectivity index (χ2v) is 7.79. The van der Waals surface area contributed by atoms with Crippen LogP contribution in [0.1, 0.15) is 47.1 Å². The monoisotopic (exact) mass is 441 g/mol. The van der Waals surface area contributed by atoms with E-state index in [4.69, 9.17) is 11.6 Å². The van der Waals surface area contributed by atoms with Crippen LogP contribution in [-0.2, 0) is 5.54 Å². The van der Waals surface area contributed by atoms with E-state index < -0.39 is 11.8 Å². The standard InChI is InChI=1S/C18H17ClINO2/c1-10-9-12(20)13-14(15(10)19)17(23)21(16(13)22)18(2,3)11-7-5-4-6-8-11/h4-9,17,23H,1-3H3. The van der Waals surface area contributed by atoms with Gasteiger partial charge in [0, 0.05) is 9.13 Å². The zero-order valence-electron chi connectivity index (χ0n) is 13.1. The van der Waals surface area contributed by atoms with Crippen molar-refractivity contribution in [3.63, 3.8) is 0 Å². The molecule has 0 spiro atoms. The number of rotatable bonds is 2. The number of aliphatic hydroxyl groups is 1. The Balaban J connectivity index is 2.16. The molecule has 0 saturated heterocycles. The molecule has 1 unspecified atom stereocenters. The second-order valence-electron chi connectivity index (χ2n) is 6.25. The number of hydrogen-bond donors (Lipinski definition) is 1. The lowest BCUT2D eigenvalue weighted by atomic mass is 9.92. The summed E-state index contributed by atoms with van der Waals surface area (Å²) in [4.78, 5) is 14.5. The first kappa shape index (κ1) is 16.7. The molecule has 0 aromatic heterocycles. The van der Waals surface area contributed by atoms with Gasteiger partial charge in [-0.3, -0.25) is 9.69 Å². The highest BCUT2D eigenvalue weighted by Gasteiger charge is 2.46. The maximum Gasteiger partial charge on any atom is 0.258 e. The van der Waals surface area contributed by atoms with Gasteiger partial charge < -0.3 is 5.11 Å². The Morgan fingerprint density at radius 2 is 1.87 bits per heavy atom. The van der Waals surface area contributed by atoms with Gasteiger partial charge in [-0.15, -0.1) is 0 Å². The maximum absolute atomic E-state index is 13.0. The molecular formula is C18H17ClINO2. The van der Waals surface area contributed by atoms with E-state index in [0.717, 1.165) is 14.7 Å². The van der Waals surface area contributed by atoms with Crippen molar-refractivity contribution in [1.29, 1.82) is 0 Å². The lowest BCUT2D eigenvalue weighted by Crippen LogP contribution is -2.44. The normalized spacial score (nSPS) is 17.6. The van der Waals surface area contributed by atoms with Gasteiger partial charge in [0.25, 0.3) is 5.91 Å². The van der Waals surface area contributed by atoms with E-state index in [1.54, 1.807) is 0 Å². The minimum atomic E-state index is -1.05. The third-order valence-corrected chi connectivity index (χ3v) is 5.80. The Labute approximate surface area is 154 Å². The topological polar surface area (TPSA) is 40.5 Å². The lowest BCUT2D eigenvalue weighted by molar-refractivity contribution is -0.0304. The summed E-state index contributed by atoms with van der Waals surface area (Å²) in [5, 5.41) is 11.3. The van der Waals surface area contributed by atoms with Crippen molar-refractivity contribution in [3.05, 3.63) is 67.2 Å². The summed E-state index contributed by atoms with van der Waals surface area (Å²) in [5.41, 5.74) is 2.20. The van der Waals surface area contributed by atoms with Crippen molar-refractivity contribution in [3.8, 4) is 0 Å². The zero-order valence-corrected chi connectivity index (χ0v) is 16.0. The number of hydrogen-bond acceptors (Lipinski definition) is 2. The molecule has 0 saturated carbocycles. The third-order valence-electron chi connectivity index (χ3n) is 4.45.